The number of rotatable bonds is 8. The second kappa shape index (κ2) is 10.1. The monoisotopic (exact) mass is 356 g/mol. The SMILES string of the molecule is COC(=O)CCN(CCc1ccccc1)C(=O)Nc1cccc(OC)c1. The van der Waals surface area contributed by atoms with Crippen LogP contribution < -0.4 is 10.1 Å². The van der Waals surface area contributed by atoms with Gasteiger partial charge in [-0.25, -0.2) is 4.79 Å². The predicted octanol–water partition coefficient (Wildman–Crippen LogP) is 3.33. The number of nitrogens with zero attached hydrogens (tertiary/aromatic N) is 1. The van der Waals surface area contributed by atoms with E-state index in [2.05, 4.69) is 10.1 Å². The number of methoxy groups -OCH3 is 2. The fourth-order valence-corrected chi connectivity index (χ4v) is 2.46. The fourth-order valence-electron chi connectivity index (χ4n) is 2.46. The van der Waals surface area contributed by atoms with Crippen LogP contribution in [0.2, 0.25) is 0 Å². The van der Waals surface area contributed by atoms with Gasteiger partial charge < -0.3 is 19.7 Å². The Morgan fingerprint density at radius 2 is 1.77 bits per heavy atom. The zero-order valence-electron chi connectivity index (χ0n) is 15.1. The number of hydrogen-bond donors (Lipinski definition) is 1. The molecule has 6 nitrogen and oxygen atoms in total. The minimum Gasteiger partial charge on any atom is -0.497 e. The second-order valence-corrected chi connectivity index (χ2v) is 5.71. The summed E-state index contributed by atoms with van der Waals surface area (Å²) < 4.78 is 9.85. The summed E-state index contributed by atoms with van der Waals surface area (Å²) in [6.07, 6.45) is 0.852. The van der Waals surface area contributed by atoms with Crippen LogP contribution in [0.3, 0.4) is 0 Å². The van der Waals surface area contributed by atoms with Crippen LogP contribution in [0.1, 0.15) is 12.0 Å². The number of esters is 1. The average Bonchev–Trinajstić information content (AvgIpc) is 2.68. The lowest BCUT2D eigenvalue weighted by atomic mass is 10.1. The first-order valence-corrected chi connectivity index (χ1v) is 8.43. The van der Waals surface area contributed by atoms with Gasteiger partial charge in [-0.15, -0.1) is 0 Å². The van der Waals surface area contributed by atoms with Crippen molar-refractivity contribution in [2.24, 2.45) is 0 Å². The van der Waals surface area contributed by atoms with Gasteiger partial charge >= 0.3 is 12.0 Å². The molecule has 2 amide bonds. The van der Waals surface area contributed by atoms with Gasteiger partial charge in [0.2, 0.25) is 0 Å². The Hall–Kier alpha value is -3.02. The van der Waals surface area contributed by atoms with Gasteiger partial charge in [-0.1, -0.05) is 36.4 Å². The number of urea groups is 1. The lowest BCUT2D eigenvalue weighted by Crippen LogP contribution is -2.38. The van der Waals surface area contributed by atoms with Gasteiger partial charge in [0.05, 0.1) is 20.6 Å². The minimum absolute atomic E-state index is 0.150. The molecule has 0 aliphatic carbocycles. The van der Waals surface area contributed by atoms with Gasteiger partial charge in [0, 0.05) is 24.8 Å². The molecule has 0 unspecified atom stereocenters. The van der Waals surface area contributed by atoms with Crippen molar-refractivity contribution in [2.75, 3.05) is 32.6 Å². The Kier molecular flexibility index (Phi) is 7.49. The van der Waals surface area contributed by atoms with Gasteiger partial charge in [0.1, 0.15) is 5.75 Å². The predicted molar refractivity (Wildman–Crippen MR) is 100 cm³/mol. The van der Waals surface area contributed by atoms with Gasteiger partial charge in [-0.3, -0.25) is 4.79 Å². The Morgan fingerprint density at radius 3 is 2.46 bits per heavy atom. The molecule has 1 N–H and O–H groups in total. The quantitative estimate of drug-likeness (QED) is 0.737. The summed E-state index contributed by atoms with van der Waals surface area (Å²) in [5.74, 6) is 0.317. The molecule has 2 aromatic carbocycles. The molecule has 2 aromatic rings. The number of carbonyl (C=O) groups is 2. The van der Waals surface area contributed by atoms with E-state index in [0.717, 1.165) is 5.56 Å². The van der Waals surface area contributed by atoms with E-state index in [1.807, 2.05) is 30.3 Å². The van der Waals surface area contributed by atoms with E-state index in [-0.39, 0.29) is 25.0 Å². The van der Waals surface area contributed by atoms with Crippen molar-refractivity contribution in [3.8, 4) is 5.75 Å². The molecule has 0 bridgehead atoms. The number of anilines is 1. The smallest absolute Gasteiger partial charge is 0.321 e. The number of ether oxygens (including phenoxy) is 2. The molecular formula is C20H24N2O4. The van der Waals surface area contributed by atoms with Crippen molar-refractivity contribution < 1.29 is 19.1 Å². The van der Waals surface area contributed by atoms with Crippen LogP contribution in [-0.4, -0.2) is 44.2 Å². The lowest BCUT2D eigenvalue weighted by Gasteiger charge is -2.23. The summed E-state index contributed by atoms with van der Waals surface area (Å²) in [6, 6.07) is 16.8. The molecular weight excluding hydrogens is 332 g/mol. The zero-order chi connectivity index (χ0) is 18.8. The van der Waals surface area contributed by atoms with E-state index in [1.54, 1.807) is 36.3 Å². The third kappa shape index (κ3) is 6.12. The first-order valence-electron chi connectivity index (χ1n) is 8.43. The molecule has 0 aliphatic heterocycles. The molecule has 2 rings (SSSR count). The molecule has 0 fully saturated rings. The number of hydrogen-bond acceptors (Lipinski definition) is 4. The first-order chi connectivity index (χ1) is 12.6. The van der Waals surface area contributed by atoms with E-state index in [4.69, 9.17) is 4.74 Å². The summed E-state index contributed by atoms with van der Waals surface area (Å²) in [6.45, 7) is 0.784. The number of amides is 2. The third-order valence-corrected chi connectivity index (χ3v) is 3.93. The molecule has 0 saturated carbocycles. The summed E-state index contributed by atoms with van der Waals surface area (Å²) in [4.78, 5) is 25.7. The molecule has 0 radical (unpaired) electrons. The van der Waals surface area contributed by atoms with Crippen molar-refractivity contribution >= 4 is 17.7 Å². The lowest BCUT2D eigenvalue weighted by molar-refractivity contribution is -0.140. The Morgan fingerprint density at radius 1 is 1.00 bits per heavy atom. The van der Waals surface area contributed by atoms with Crippen molar-refractivity contribution in [1.82, 2.24) is 4.90 Å². The highest BCUT2D eigenvalue weighted by Crippen LogP contribution is 2.17. The Bertz CT molecular complexity index is 719. The van der Waals surface area contributed by atoms with Crippen LogP contribution >= 0.6 is 0 Å². The second-order valence-electron chi connectivity index (χ2n) is 5.71. The van der Waals surface area contributed by atoms with Crippen molar-refractivity contribution in [1.29, 1.82) is 0 Å². The van der Waals surface area contributed by atoms with Crippen LogP contribution in [0.4, 0.5) is 10.5 Å². The van der Waals surface area contributed by atoms with Crippen LogP contribution in [0.5, 0.6) is 5.75 Å². The van der Waals surface area contributed by atoms with E-state index in [9.17, 15) is 9.59 Å². The highest BCUT2D eigenvalue weighted by molar-refractivity contribution is 5.89. The van der Waals surface area contributed by atoms with Crippen LogP contribution in [0.25, 0.3) is 0 Å². The summed E-state index contributed by atoms with van der Waals surface area (Å²) in [7, 11) is 2.91. The van der Waals surface area contributed by atoms with E-state index < -0.39 is 0 Å². The standard InChI is InChI=1S/C20H24N2O4/c1-25-18-10-6-9-17(15-18)21-20(24)22(14-12-19(23)26-2)13-11-16-7-4-3-5-8-16/h3-10,15H,11-14H2,1-2H3,(H,21,24). The molecule has 0 heterocycles. The first kappa shape index (κ1) is 19.3. The number of carbonyl (C=O) groups excluding carboxylic acids is 2. The maximum Gasteiger partial charge on any atom is 0.321 e. The van der Waals surface area contributed by atoms with Crippen LogP contribution in [0, 0.1) is 0 Å². The minimum atomic E-state index is -0.344. The molecule has 6 heteroatoms. The summed E-state index contributed by atoms with van der Waals surface area (Å²) in [5.41, 5.74) is 1.77. The average molecular weight is 356 g/mol. The fraction of sp³-hybridized carbons (Fsp3) is 0.300. The maximum absolute atomic E-state index is 12.7. The van der Waals surface area contributed by atoms with Gasteiger partial charge in [-0.05, 0) is 24.1 Å². The molecule has 138 valence electrons. The Labute approximate surface area is 153 Å². The van der Waals surface area contributed by atoms with Crippen molar-refractivity contribution in [2.45, 2.75) is 12.8 Å². The summed E-state index contributed by atoms with van der Waals surface area (Å²) >= 11 is 0. The third-order valence-electron chi connectivity index (χ3n) is 3.93. The van der Waals surface area contributed by atoms with Crippen LogP contribution in [-0.2, 0) is 16.0 Å². The van der Waals surface area contributed by atoms with Gasteiger partial charge in [0.15, 0.2) is 0 Å². The highest BCUT2D eigenvalue weighted by atomic mass is 16.5. The molecule has 0 atom stereocenters. The molecule has 0 aromatic heterocycles. The highest BCUT2D eigenvalue weighted by Gasteiger charge is 2.16. The van der Waals surface area contributed by atoms with E-state index in [0.29, 0.717) is 24.4 Å². The van der Waals surface area contributed by atoms with Crippen molar-refractivity contribution in [3.63, 3.8) is 0 Å². The Balaban J connectivity index is 2.02. The molecule has 0 spiro atoms. The topological polar surface area (TPSA) is 67.9 Å². The van der Waals surface area contributed by atoms with Crippen molar-refractivity contribution in [3.05, 3.63) is 60.2 Å². The summed E-state index contributed by atoms with van der Waals surface area (Å²) in [5, 5.41) is 2.85. The normalized spacial score (nSPS) is 10.1. The number of nitrogens with one attached hydrogen (secondary N) is 1. The van der Waals surface area contributed by atoms with E-state index in [1.165, 1.54) is 7.11 Å². The maximum atomic E-state index is 12.7. The molecule has 0 aliphatic rings. The molecule has 0 saturated heterocycles. The zero-order valence-corrected chi connectivity index (χ0v) is 15.1. The van der Waals surface area contributed by atoms with E-state index >= 15 is 0 Å². The van der Waals surface area contributed by atoms with Gasteiger partial charge in [0.25, 0.3) is 0 Å². The largest absolute Gasteiger partial charge is 0.497 e. The number of benzene rings is 2. The van der Waals surface area contributed by atoms with Gasteiger partial charge in [-0.2, -0.15) is 0 Å². The molecule has 26 heavy (non-hydrogen) atoms. The van der Waals surface area contributed by atoms with Crippen LogP contribution in [0.15, 0.2) is 54.6 Å².